The molecule has 35 heavy (non-hydrogen) atoms. The highest BCUT2D eigenvalue weighted by molar-refractivity contribution is 9.10. The van der Waals surface area contributed by atoms with Crippen molar-refractivity contribution in [3.05, 3.63) is 87.4 Å². The Labute approximate surface area is 211 Å². The number of ether oxygens (including phenoxy) is 1. The number of carbonyl (C=O) groups is 3. The first-order valence-electron chi connectivity index (χ1n) is 10.7. The molecular weight excluding hydrogens is 512 g/mol. The van der Waals surface area contributed by atoms with Crippen molar-refractivity contribution in [3.63, 3.8) is 0 Å². The molecule has 0 unspecified atom stereocenters. The number of hydrogen-bond donors (Lipinski definition) is 3. The largest absolute Gasteiger partial charge is 0.483 e. The number of nitrogens with zero attached hydrogens (tertiary/aromatic N) is 1. The number of rotatable bonds is 7. The summed E-state index contributed by atoms with van der Waals surface area (Å²) < 4.78 is 6.56. The van der Waals surface area contributed by atoms with Crippen molar-refractivity contribution in [1.29, 1.82) is 0 Å². The number of nitrogens with one attached hydrogen (secondary N) is 3. The lowest BCUT2D eigenvalue weighted by Crippen LogP contribution is -2.32. The molecule has 0 radical (unpaired) electrons. The highest BCUT2D eigenvalue weighted by Gasteiger charge is 2.15. The first kappa shape index (κ1) is 25.6. The van der Waals surface area contributed by atoms with Crippen LogP contribution in [0.2, 0.25) is 0 Å². The average Bonchev–Trinajstić information content (AvgIpc) is 2.82. The molecule has 0 aromatic heterocycles. The molecule has 0 saturated carbocycles. The smallest absolute Gasteiger partial charge is 0.329 e. The Morgan fingerprint density at radius 3 is 2.31 bits per heavy atom. The van der Waals surface area contributed by atoms with Gasteiger partial charge in [-0.3, -0.25) is 14.4 Å². The summed E-state index contributed by atoms with van der Waals surface area (Å²) in [4.78, 5) is 36.7. The molecule has 0 aliphatic heterocycles. The third-order valence-corrected chi connectivity index (χ3v) is 5.53. The summed E-state index contributed by atoms with van der Waals surface area (Å²) in [6.45, 7) is 5.36. The molecule has 0 fully saturated rings. The minimum absolute atomic E-state index is 0.217. The number of anilines is 2. The van der Waals surface area contributed by atoms with E-state index in [2.05, 4.69) is 37.1 Å². The van der Waals surface area contributed by atoms with Gasteiger partial charge in [0.2, 0.25) is 0 Å². The van der Waals surface area contributed by atoms with E-state index in [4.69, 9.17) is 4.74 Å². The summed E-state index contributed by atoms with van der Waals surface area (Å²) in [5, 5.41) is 9.26. The van der Waals surface area contributed by atoms with E-state index in [-0.39, 0.29) is 12.5 Å². The minimum atomic E-state index is -0.911. The molecule has 0 spiro atoms. The van der Waals surface area contributed by atoms with Crippen molar-refractivity contribution >= 4 is 51.2 Å². The van der Waals surface area contributed by atoms with E-state index in [1.807, 2.05) is 51.1 Å². The molecule has 0 bridgehead atoms. The second-order valence-corrected chi connectivity index (χ2v) is 8.67. The van der Waals surface area contributed by atoms with Gasteiger partial charge in [-0.2, -0.15) is 5.10 Å². The van der Waals surface area contributed by atoms with Gasteiger partial charge in [0.15, 0.2) is 6.61 Å². The highest BCUT2D eigenvalue weighted by atomic mass is 79.9. The molecular formula is C26H25BrN4O4. The molecule has 0 aliphatic carbocycles. The molecule has 3 aromatic carbocycles. The van der Waals surface area contributed by atoms with Crippen molar-refractivity contribution in [2.75, 3.05) is 17.2 Å². The zero-order valence-electron chi connectivity index (χ0n) is 19.5. The molecule has 3 aromatic rings. The first-order valence-corrected chi connectivity index (χ1v) is 11.5. The van der Waals surface area contributed by atoms with Crippen molar-refractivity contribution < 1.29 is 19.1 Å². The normalized spacial score (nSPS) is 10.6. The molecule has 8 nitrogen and oxygen atoms in total. The van der Waals surface area contributed by atoms with E-state index in [0.29, 0.717) is 22.7 Å². The lowest BCUT2D eigenvalue weighted by atomic mass is 10.1. The van der Waals surface area contributed by atoms with Crippen LogP contribution in [0.1, 0.15) is 22.3 Å². The van der Waals surface area contributed by atoms with Gasteiger partial charge in [-0.05, 0) is 67.8 Å². The van der Waals surface area contributed by atoms with Crippen LogP contribution in [0.3, 0.4) is 0 Å². The van der Waals surface area contributed by atoms with Crippen LogP contribution in [-0.4, -0.2) is 30.5 Å². The van der Waals surface area contributed by atoms with Crippen LogP contribution in [0.15, 0.2) is 70.2 Å². The lowest BCUT2D eigenvalue weighted by Gasteiger charge is -2.11. The summed E-state index contributed by atoms with van der Waals surface area (Å²) in [6.07, 6.45) is 1.34. The van der Waals surface area contributed by atoms with Gasteiger partial charge in [0.05, 0.1) is 6.21 Å². The molecule has 0 heterocycles. The second kappa shape index (κ2) is 11.9. The van der Waals surface area contributed by atoms with Gasteiger partial charge in [0, 0.05) is 21.4 Å². The molecule has 0 atom stereocenters. The van der Waals surface area contributed by atoms with Gasteiger partial charge >= 0.3 is 11.8 Å². The third-order valence-electron chi connectivity index (χ3n) is 5.04. The number of hydrogen-bond acceptors (Lipinski definition) is 5. The fraction of sp³-hybridized carbons (Fsp3) is 0.154. The number of halogens is 1. The van der Waals surface area contributed by atoms with Crippen molar-refractivity contribution in [2.45, 2.75) is 20.8 Å². The summed E-state index contributed by atoms with van der Waals surface area (Å²) >= 11 is 3.39. The standard InChI is InChI=1S/C26H25BrN4O4/c1-16-7-6-8-17(2)24(16)30-25(33)26(34)31-28-14-19-9-4-5-10-22(19)35-15-23(32)29-21-12-11-20(27)13-18(21)3/h4-14H,15H2,1-3H3,(H,29,32)(H,30,33)(H,31,34)/b28-14-. The summed E-state index contributed by atoms with van der Waals surface area (Å²) in [5.74, 6) is -1.66. The molecule has 9 heteroatoms. The highest BCUT2D eigenvalue weighted by Crippen LogP contribution is 2.21. The fourth-order valence-corrected chi connectivity index (χ4v) is 3.68. The van der Waals surface area contributed by atoms with Gasteiger partial charge < -0.3 is 15.4 Å². The van der Waals surface area contributed by atoms with Gasteiger partial charge in [0.25, 0.3) is 5.91 Å². The summed E-state index contributed by atoms with van der Waals surface area (Å²) in [5.41, 5.74) is 6.62. The summed E-state index contributed by atoms with van der Waals surface area (Å²) in [7, 11) is 0. The zero-order valence-corrected chi connectivity index (χ0v) is 21.1. The zero-order chi connectivity index (χ0) is 25.4. The van der Waals surface area contributed by atoms with Gasteiger partial charge in [-0.1, -0.05) is 46.3 Å². The minimum Gasteiger partial charge on any atom is -0.483 e. The maximum Gasteiger partial charge on any atom is 0.329 e. The maximum atomic E-state index is 12.3. The van der Waals surface area contributed by atoms with Crippen LogP contribution in [-0.2, 0) is 14.4 Å². The average molecular weight is 537 g/mol. The molecule has 0 aliphatic rings. The van der Waals surface area contributed by atoms with E-state index in [9.17, 15) is 14.4 Å². The Balaban J connectivity index is 1.56. The molecule has 180 valence electrons. The number of benzene rings is 3. The predicted octanol–water partition coefficient (Wildman–Crippen LogP) is 4.48. The van der Waals surface area contributed by atoms with Gasteiger partial charge in [-0.25, -0.2) is 5.43 Å². The monoisotopic (exact) mass is 536 g/mol. The van der Waals surface area contributed by atoms with Crippen LogP contribution in [0.25, 0.3) is 0 Å². The Morgan fingerprint density at radius 1 is 0.886 bits per heavy atom. The Morgan fingerprint density at radius 2 is 1.60 bits per heavy atom. The van der Waals surface area contributed by atoms with Gasteiger partial charge in [-0.15, -0.1) is 0 Å². The number of para-hydroxylation sites is 2. The quantitative estimate of drug-likeness (QED) is 0.235. The lowest BCUT2D eigenvalue weighted by molar-refractivity contribution is -0.136. The molecule has 3 rings (SSSR count). The Kier molecular flexibility index (Phi) is 8.74. The third kappa shape index (κ3) is 7.25. The first-order chi connectivity index (χ1) is 16.7. The number of carbonyl (C=O) groups excluding carboxylic acids is 3. The topological polar surface area (TPSA) is 109 Å². The second-order valence-electron chi connectivity index (χ2n) is 7.75. The Hall–Kier alpha value is -3.98. The number of hydrazone groups is 1. The van der Waals surface area contributed by atoms with E-state index in [1.165, 1.54) is 6.21 Å². The van der Waals surface area contributed by atoms with E-state index in [1.54, 1.807) is 30.3 Å². The van der Waals surface area contributed by atoms with Crippen molar-refractivity contribution in [3.8, 4) is 5.75 Å². The number of amides is 3. The van der Waals surface area contributed by atoms with Crippen molar-refractivity contribution in [1.82, 2.24) is 5.43 Å². The SMILES string of the molecule is Cc1cc(Br)ccc1NC(=O)COc1ccccc1/C=N\NC(=O)C(=O)Nc1c(C)cccc1C. The Bertz CT molecular complexity index is 1270. The van der Waals surface area contributed by atoms with Crippen LogP contribution < -0.4 is 20.8 Å². The van der Waals surface area contributed by atoms with Crippen LogP contribution >= 0.6 is 15.9 Å². The van der Waals surface area contributed by atoms with E-state index in [0.717, 1.165) is 21.2 Å². The molecule has 0 saturated heterocycles. The van der Waals surface area contributed by atoms with Crippen LogP contribution in [0.4, 0.5) is 11.4 Å². The fourth-order valence-electron chi connectivity index (χ4n) is 3.21. The van der Waals surface area contributed by atoms with Crippen molar-refractivity contribution in [2.24, 2.45) is 5.10 Å². The van der Waals surface area contributed by atoms with E-state index < -0.39 is 11.8 Å². The predicted molar refractivity (Wildman–Crippen MR) is 140 cm³/mol. The van der Waals surface area contributed by atoms with Crippen LogP contribution in [0, 0.1) is 20.8 Å². The molecule has 3 N–H and O–H groups in total. The van der Waals surface area contributed by atoms with E-state index >= 15 is 0 Å². The van der Waals surface area contributed by atoms with Gasteiger partial charge in [0.1, 0.15) is 5.75 Å². The van der Waals surface area contributed by atoms with Crippen LogP contribution in [0.5, 0.6) is 5.75 Å². The maximum absolute atomic E-state index is 12.3. The number of aryl methyl sites for hydroxylation is 3. The molecule has 3 amide bonds. The summed E-state index contributed by atoms with van der Waals surface area (Å²) in [6, 6.07) is 18.0.